The highest BCUT2D eigenvalue weighted by Crippen LogP contribution is 2.57. The molecular weight excluding hydrogens is 408 g/mol. The number of ether oxygens (including phenoxy) is 1. The molecule has 0 fully saturated rings. The van der Waals surface area contributed by atoms with Crippen LogP contribution in [0.3, 0.4) is 0 Å². The maximum absolute atomic E-state index is 13.9. The van der Waals surface area contributed by atoms with Crippen LogP contribution in [0.4, 0.5) is 8.78 Å². The van der Waals surface area contributed by atoms with E-state index in [1.54, 1.807) is 12.1 Å². The van der Waals surface area contributed by atoms with E-state index in [9.17, 15) is 13.6 Å². The third kappa shape index (κ3) is 3.37. The van der Waals surface area contributed by atoms with E-state index in [1.807, 2.05) is 24.3 Å². The molecule has 2 aromatic carbocycles. The van der Waals surface area contributed by atoms with Crippen LogP contribution in [0, 0.1) is 5.92 Å². The minimum atomic E-state index is -2.97. The van der Waals surface area contributed by atoms with Gasteiger partial charge in [0.15, 0.2) is 4.87 Å². The fourth-order valence-electron chi connectivity index (χ4n) is 4.04. The molecule has 0 saturated heterocycles. The Labute approximate surface area is 178 Å². The number of para-hydroxylation sites is 1. The molecule has 2 atom stereocenters. The summed E-state index contributed by atoms with van der Waals surface area (Å²) in [5.41, 5.74) is 7.18. The van der Waals surface area contributed by atoms with Gasteiger partial charge >= 0.3 is 0 Å². The molecule has 1 spiro atoms. The van der Waals surface area contributed by atoms with Crippen molar-refractivity contribution in [3.05, 3.63) is 65.2 Å². The predicted octanol–water partition coefficient (Wildman–Crippen LogP) is 4.27. The Bertz CT molecular complexity index is 1010. The third-order valence-corrected chi connectivity index (χ3v) is 7.00. The Hall–Kier alpha value is -2.45. The first-order valence-electron chi connectivity index (χ1n) is 9.77. The average molecular weight is 432 g/mol. The summed E-state index contributed by atoms with van der Waals surface area (Å²) in [6, 6.07) is 13.7. The molecule has 2 aliphatic rings. The maximum atomic E-state index is 13.9. The minimum Gasteiger partial charge on any atom is -0.493 e. The summed E-state index contributed by atoms with van der Waals surface area (Å²) in [6.45, 7) is 3.14. The molecule has 2 aromatic rings. The SMILES string of the molecule is CC(=O)N1N=C(c2cccc(C(C)(F)F)c2)S[C@]12c1ccccc1OC[C@@H]2CCN. The van der Waals surface area contributed by atoms with Gasteiger partial charge < -0.3 is 10.5 Å². The Morgan fingerprint density at radius 3 is 2.80 bits per heavy atom. The number of alkyl halides is 2. The van der Waals surface area contributed by atoms with Gasteiger partial charge in [0, 0.05) is 36.5 Å². The number of hydrogen-bond acceptors (Lipinski definition) is 5. The monoisotopic (exact) mass is 431 g/mol. The lowest BCUT2D eigenvalue weighted by molar-refractivity contribution is -0.134. The average Bonchev–Trinajstić information content (AvgIpc) is 3.12. The van der Waals surface area contributed by atoms with Crippen molar-refractivity contribution < 1.29 is 18.3 Å². The lowest BCUT2D eigenvalue weighted by Gasteiger charge is -2.45. The van der Waals surface area contributed by atoms with Crippen molar-refractivity contribution in [2.75, 3.05) is 13.2 Å². The molecule has 5 nitrogen and oxygen atoms in total. The molecule has 0 aromatic heterocycles. The summed E-state index contributed by atoms with van der Waals surface area (Å²) in [6.07, 6.45) is 0.626. The first kappa shape index (κ1) is 20.8. The van der Waals surface area contributed by atoms with E-state index in [-0.39, 0.29) is 17.4 Å². The smallest absolute Gasteiger partial charge is 0.270 e. The van der Waals surface area contributed by atoms with Gasteiger partial charge in [0.1, 0.15) is 10.8 Å². The summed E-state index contributed by atoms with van der Waals surface area (Å²) in [5.74, 6) is -2.61. The van der Waals surface area contributed by atoms with E-state index in [4.69, 9.17) is 10.5 Å². The highest BCUT2D eigenvalue weighted by molar-refractivity contribution is 8.15. The summed E-state index contributed by atoms with van der Waals surface area (Å²) < 4.78 is 33.7. The number of thioether (sulfide) groups is 1. The van der Waals surface area contributed by atoms with Crippen molar-refractivity contribution in [3.63, 3.8) is 0 Å². The molecule has 0 radical (unpaired) electrons. The molecule has 8 heteroatoms. The van der Waals surface area contributed by atoms with E-state index in [0.29, 0.717) is 35.9 Å². The third-order valence-electron chi connectivity index (χ3n) is 5.45. The Balaban J connectivity index is 1.85. The molecule has 2 N–H and O–H groups in total. The normalized spacial score (nSPS) is 23.2. The Morgan fingerprint density at radius 1 is 1.33 bits per heavy atom. The molecular formula is C22H23F2N3O2S. The van der Waals surface area contributed by atoms with Crippen LogP contribution in [-0.4, -0.2) is 29.1 Å². The molecule has 158 valence electrons. The highest BCUT2D eigenvalue weighted by Gasteiger charge is 2.56. The second-order valence-electron chi connectivity index (χ2n) is 7.59. The van der Waals surface area contributed by atoms with Crippen molar-refractivity contribution in [1.82, 2.24) is 5.01 Å². The van der Waals surface area contributed by atoms with Gasteiger partial charge in [-0.05, 0) is 25.1 Å². The van der Waals surface area contributed by atoms with Crippen LogP contribution in [0.25, 0.3) is 0 Å². The van der Waals surface area contributed by atoms with Gasteiger partial charge in [0.2, 0.25) is 5.91 Å². The van der Waals surface area contributed by atoms with E-state index < -0.39 is 10.8 Å². The van der Waals surface area contributed by atoms with Crippen LogP contribution in [0.15, 0.2) is 53.6 Å². The van der Waals surface area contributed by atoms with Crippen molar-refractivity contribution in [2.24, 2.45) is 16.8 Å². The summed E-state index contributed by atoms with van der Waals surface area (Å²) in [5, 5.41) is 6.61. The molecule has 0 unspecified atom stereocenters. The molecule has 2 heterocycles. The topological polar surface area (TPSA) is 67.9 Å². The molecule has 4 rings (SSSR count). The number of nitrogens with zero attached hydrogens (tertiary/aromatic N) is 2. The number of nitrogens with two attached hydrogens (primary N) is 1. The van der Waals surface area contributed by atoms with Crippen molar-refractivity contribution in [1.29, 1.82) is 0 Å². The molecule has 0 bridgehead atoms. The quantitative estimate of drug-likeness (QED) is 0.785. The van der Waals surface area contributed by atoms with Crippen LogP contribution in [0.1, 0.15) is 37.0 Å². The van der Waals surface area contributed by atoms with Crippen molar-refractivity contribution in [2.45, 2.75) is 31.1 Å². The van der Waals surface area contributed by atoms with Gasteiger partial charge in [-0.1, -0.05) is 48.2 Å². The van der Waals surface area contributed by atoms with Gasteiger partial charge in [0.25, 0.3) is 5.92 Å². The molecule has 0 aliphatic carbocycles. The summed E-state index contributed by atoms with van der Waals surface area (Å²) in [4.78, 5) is 11.9. The standard InChI is InChI=1S/C22H23F2N3O2S/c1-14(28)27-22(17(10-11-25)13-29-19-9-4-3-8-18(19)22)30-20(26-27)15-6-5-7-16(12-15)21(2,23)24/h3-9,12,17H,10-11,13,25H2,1-2H3/t17-,22+/m0/s1. The zero-order valence-electron chi connectivity index (χ0n) is 16.8. The zero-order chi connectivity index (χ0) is 21.5. The number of benzene rings is 2. The fraction of sp³-hybridized carbons (Fsp3) is 0.364. The fourth-order valence-corrected chi connectivity index (χ4v) is 5.59. The molecule has 1 amide bonds. The van der Waals surface area contributed by atoms with Crippen molar-refractivity contribution >= 4 is 22.7 Å². The van der Waals surface area contributed by atoms with Gasteiger partial charge in [-0.3, -0.25) is 4.79 Å². The number of hydrazone groups is 1. The Kier molecular flexibility index (Phi) is 5.32. The van der Waals surface area contributed by atoms with Crippen molar-refractivity contribution in [3.8, 4) is 5.75 Å². The number of hydrogen-bond donors (Lipinski definition) is 1. The highest BCUT2D eigenvalue weighted by atomic mass is 32.2. The van der Waals surface area contributed by atoms with Gasteiger partial charge in [-0.2, -0.15) is 5.10 Å². The molecule has 30 heavy (non-hydrogen) atoms. The number of carbonyl (C=O) groups excluding carboxylic acids is 1. The van der Waals surface area contributed by atoms with E-state index in [0.717, 1.165) is 12.5 Å². The van der Waals surface area contributed by atoms with E-state index in [2.05, 4.69) is 5.10 Å². The summed E-state index contributed by atoms with van der Waals surface area (Å²) >= 11 is 1.41. The van der Waals surface area contributed by atoms with Crippen LogP contribution in [-0.2, 0) is 15.6 Å². The van der Waals surface area contributed by atoms with E-state index in [1.165, 1.54) is 35.8 Å². The number of rotatable bonds is 4. The largest absolute Gasteiger partial charge is 0.493 e. The lowest BCUT2D eigenvalue weighted by atomic mass is 9.86. The van der Waals surface area contributed by atoms with E-state index >= 15 is 0 Å². The lowest BCUT2D eigenvalue weighted by Crippen LogP contribution is -2.51. The first-order chi connectivity index (χ1) is 14.3. The number of fused-ring (bicyclic) bond motifs is 2. The molecule has 2 aliphatic heterocycles. The van der Waals surface area contributed by atoms with Gasteiger partial charge in [-0.15, -0.1) is 0 Å². The van der Waals surface area contributed by atoms with Crippen LogP contribution in [0.2, 0.25) is 0 Å². The second kappa shape index (κ2) is 7.67. The van der Waals surface area contributed by atoms with Gasteiger partial charge in [-0.25, -0.2) is 13.8 Å². The maximum Gasteiger partial charge on any atom is 0.270 e. The Morgan fingerprint density at radius 2 is 2.10 bits per heavy atom. The summed E-state index contributed by atoms with van der Waals surface area (Å²) in [7, 11) is 0. The first-order valence-corrected chi connectivity index (χ1v) is 10.6. The van der Waals surface area contributed by atoms with Crippen LogP contribution < -0.4 is 10.5 Å². The minimum absolute atomic E-state index is 0.0930. The van der Waals surface area contributed by atoms with Crippen LogP contribution in [0.5, 0.6) is 5.75 Å². The number of carbonyl (C=O) groups is 1. The number of amides is 1. The second-order valence-corrected chi connectivity index (χ2v) is 8.80. The van der Waals surface area contributed by atoms with Gasteiger partial charge in [0.05, 0.1) is 6.61 Å². The van der Waals surface area contributed by atoms with Crippen LogP contribution >= 0.6 is 11.8 Å². The zero-order valence-corrected chi connectivity index (χ0v) is 17.6. The number of halogens is 2. The molecule has 0 saturated carbocycles. The predicted molar refractivity (Wildman–Crippen MR) is 113 cm³/mol.